The summed E-state index contributed by atoms with van der Waals surface area (Å²) in [6.45, 7) is 24.5. The third-order valence-corrected chi connectivity index (χ3v) is 7.51. The van der Waals surface area contributed by atoms with Gasteiger partial charge in [-0.15, -0.1) is 0 Å². The zero-order valence-electron chi connectivity index (χ0n) is 24.2. The Morgan fingerprint density at radius 1 is 0.543 bits per heavy atom. The summed E-state index contributed by atoms with van der Waals surface area (Å²) in [5.74, 6) is 5.77. The molecule has 2 unspecified atom stereocenters. The van der Waals surface area contributed by atoms with Crippen LogP contribution in [0.5, 0.6) is 11.5 Å². The van der Waals surface area contributed by atoms with Gasteiger partial charge in [-0.05, 0) is 83.7 Å². The normalized spacial score (nSPS) is 14.1. The summed E-state index contributed by atoms with van der Waals surface area (Å²) in [5.41, 5.74) is 2.49. The first-order valence-corrected chi connectivity index (χ1v) is 13.9. The standard InChI is InChI=1S/C33H52O2/c1-23(2)19-27(25(5)6)21-34-31-15-11-29(12-16-31)33(9,10)30-13-17-32(18-14-30)35-22-28(26(7)8)20-24(3)4/h11-18,23-28H,19-22H2,1-10H3. The Labute approximate surface area is 216 Å². The molecule has 0 aromatic heterocycles. The quantitative estimate of drug-likeness (QED) is 0.268. The SMILES string of the molecule is CC(C)CC(COc1ccc(C(C)(C)c2ccc(OCC(CC(C)C)C(C)C)cc2)cc1)C(C)C. The molecular formula is C33H52O2. The van der Waals surface area contributed by atoms with Gasteiger partial charge in [0.1, 0.15) is 11.5 Å². The first kappa shape index (κ1) is 29.3. The summed E-state index contributed by atoms with van der Waals surface area (Å²) < 4.78 is 12.4. The van der Waals surface area contributed by atoms with E-state index in [1.165, 1.54) is 24.0 Å². The zero-order valence-corrected chi connectivity index (χ0v) is 24.2. The third-order valence-electron chi connectivity index (χ3n) is 7.51. The van der Waals surface area contributed by atoms with Crippen molar-refractivity contribution in [2.75, 3.05) is 13.2 Å². The van der Waals surface area contributed by atoms with Crippen LogP contribution < -0.4 is 9.47 Å². The van der Waals surface area contributed by atoms with Gasteiger partial charge < -0.3 is 9.47 Å². The molecule has 0 fully saturated rings. The lowest BCUT2D eigenvalue weighted by Crippen LogP contribution is -2.21. The maximum absolute atomic E-state index is 6.19. The van der Waals surface area contributed by atoms with E-state index in [9.17, 15) is 0 Å². The fraction of sp³-hybridized carbons (Fsp3) is 0.636. The summed E-state index contributed by atoms with van der Waals surface area (Å²) in [4.78, 5) is 0. The van der Waals surface area contributed by atoms with Crippen LogP contribution in [0, 0.1) is 35.5 Å². The average Bonchev–Trinajstić information content (AvgIpc) is 2.79. The highest BCUT2D eigenvalue weighted by atomic mass is 16.5. The van der Waals surface area contributed by atoms with E-state index < -0.39 is 0 Å². The lowest BCUT2D eigenvalue weighted by molar-refractivity contribution is 0.186. The fourth-order valence-electron chi connectivity index (χ4n) is 4.79. The van der Waals surface area contributed by atoms with Crippen molar-refractivity contribution >= 4 is 0 Å². The molecule has 0 amide bonds. The van der Waals surface area contributed by atoms with Crippen LogP contribution in [0.1, 0.15) is 93.2 Å². The first-order chi connectivity index (χ1) is 16.4. The van der Waals surface area contributed by atoms with Crippen molar-refractivity contribution in [1.82, 2.24) is 0 Å². The minimum atomic E-state index is -0.0900. The Hall–Kier alpha value is -1.96. The molecule has 0 saturated heterocycles. The Kier molecular flexibility index (Phi) is 11.2. The number of hydrogen-bond donors (Lipinski definition) is 0. The summed E-state index contributed by atoms with van der Waals surface area (Å²) >= 11 is 0. The van der Waals surface area contributed by atoms with E-state index in [-0.39, 0.29) is 5.41 Å². The lowest BCUT2D eigenvalue weighted by Gasteiger charge is -2.27. The van der Waals surface area contributed by atoms with Gasteiger partial charge in [-0.25, -0.2) is 0 Å². The van der Waals surface area contributed by atoms with E-state index in [0.717, 1.165) is 24.7 Å². The van der Waals surface area contributed by atoms with E-state index in [2.05, 4.69) is 118 Å². The molecule has 0 spiro atoms. The smallest absolute Gasteiger partial charge is 0.119 e. The van der Waals surface area contributed by atoms with E-state index >= 15 is 0 Å². The van der Waals surface area contributed by atoms with Crippen molar-refractivity contribution in [1.29, 1.82) is 0 Å². The van der Waals surface area contributed by atoms with Crippen LogP contribution in [0.25, 0.3) is 0 Å². The second kappa shape index (κ2) is 13.4. The van der Waals surface area contributed by atoms with Crippen LogP contribution in [-0.4, -0.2) is 13.2 Å². The molecule has 2 heteroatoms. The van der Waals surface area contributed by atoms with Gasteiger partial charge in [0.2, 0.25) is 0 Å². The van der Waals surface area contributed by atoms with Crippen LogP contribution in [0.2, 0.25) is 0 Å². The van der Waals surface area contributed by atoms with E-state index in [4.69, 9.17) is 9.47 Å². The van der Waals surface area contributed by atoms with Gasteiger partial charge in [-0.2, -0.15) is 0 Å². The molecule has 35 heavy (non-hydrogen) atoms. The van der Waals surface area contributed by atoms with Gasteiger partial charge >= 0.3 is 0 Å². The van der Waals surface area contributed by atoms with Crippen molar-refractivity contribution < 1.29 is 9.47 Å². The molecule has 0 saturated carbocycles. The Morgan fingerprint density at radius 2 is 0.857 bits per heavy atom. The van der Waals surface area contributed by atoms with Crippen molar-refractivity contribution in [2.45, 2.75) is 87.5 Å². The van der Waals surface area contributed by atoms with Crippen molar-refractivity contribution in [2.24, 2.45) is 35.5 Å². The molecule has 0 heterocycles. The number of benzene rings is 2. The minimum absolute atomic E-state index is 0.0900. The van der Waals surface area contributed by atoms with Gasteiger partial charge in [-0.1, -0.05) is 93.5 Å². The summed E-state index contributed by atoms with van der Waals surface area (Å²) in [5, 5.41) is 0. The van der Waals surface area contributed by atoms with Gasteiger partial charge in [0, 0.05) is 5.41 Å². The van der Waals surface area contributed by atoms with E-state index in [1.807, 2.05) is 0 Å². The maximum Gasteiger partial charge on any atom is 0.119 e. The van der Waals surface area contributed by atoms with Crippen LogP contribution in [-0.2, 0) is 5.41 Å². The highest BCUT2D eigenvalue weighted by molar-refractivity contribution is 5.41. The van der Waals surface area contributed by atoms with Crippen molar-refractivity contribution in [3.8, 4) is 11.5 Å². The second-order valence-electron chi connectivity index (χ2n) is 12.6. The van der Waals surface area contributed by atoms with Gasteiger partial charge in [0.05, 0.1) is 13.2 Å². The Balaban J connectivity index is 2.01. The monoisotopic (exact) mass is 480 g/mol. The molecule has 2 aromatic carbocycles. The van der Waals surface area contributed by atoms with Crippen molar-refractivity contribution in [3.63, 3.8) is 0 Å². The molecule has 0 radical (unpaired) electrons. The molecule has 0 aliphatic heterocycles. The molecule has 0 N–H and O–H groups in total. The molecule has 2 rings (SSSR count). The second-order valence-corrected chi connectivity index (χ2v) is 12.6. The fourth-order valence-corrected chi connectivity index (χ4v) is 4.79. The average molecular weight is 481 g/mol. The predicted octanol–water partition coefficient (Wildman–Crippen LogP) is 9.41. The summed E-state index contributed by atoms with van der Waals surface area (Å²) in [6.07, 6.45) is 2.41. The van der Waals surface area contributed by atoms with Crippen LogP contribution >= 0.6 is 0 Å². The highest BCUT2D eigenvalue weighted by Crippen LogP contribution is 2.34. The number of ether oxygens (including phenoxy) is 2. The Morgan fingerprint density at radius 3 is 1.11 bits per heavy atom. The topological polar surface area (TPSA) is 18.5 Å². The third kappa shape index (κ3) is 9.21. The van der Waals surface area contributed by atoms with Crippen LogP contribution in [0.15, 0.2) is 48.5 Å². The van der Waals surface area contributed by atoms with Gasteiger partial charge in [0.25, 0.3) is 0 Å². The summed E-state index contributed by atoms with van der Waals surface area (Å²) in [7, 11) is 0. The maximum atomic E-state index is 6.19. The highest BCUT2D eigenvalue weighted by Gasteiger charge is 2.24. The molecule has 0 aliphatic carbocycles. The lowest BCUT2D eigenvalue weighted by atomic mass is 9.78. The molecule has 0 aliphatic rings. The van der Waals surface area contributed by atoms with Gasteiger partial charge in [-0.3, -0.25) is 0 Å². The minimum Gasteiger partial charge on any atom is -0.493 e. The van der Waals surface area contributed by atoms with E-state index in [1.54, 1.807) is 0 Å². The van der Waals surface area contributed by atoms with Crippen LogP contribution in [0.4, 0.5) is 0 Å². The van der Waals surface area contributed by atoms with Crippen molar-refractivity contribution in [3.05, 3.63) is 59.7 Å². The Bertz CT molecular complexity index is 772. The van der Waals surface area contributed by atoms with Crippen LogP contribution in [0.3, 0.4) is 0 Å². The summed E-state index contributed by atoms with van der Waals surface area (Å²) in [6, 6.07) is 17.4. The zero-order chi connectivity index (χ0) is 26.2. The molecule has 2 atom stereocenters. The largest absolute Gasteiger partial charge is 0.493 e. The molecule has 196 valence electrons. The first-order valence-electron chi connectivity index (χ1n) is 13.9. The number of hydrogen-bond acceptors (Lipinski definition) is 2. The molecule has 0 bridgehead atoms. The molecular weight excluding hydrogens is 428 g/mol. The number of rotatable bonds is 14. The predicted molar refractivity (Wildman–Crippen MR) is 152 cm³/mol. The van der Waals surface area contributed by atoms with E-state index in [0.29, 0.717) is 35.5 Å². The molecule has 2 aromatic rings. The molecule has 2 nitrogen and oxygen atoms in total. The van der Waals surface area contributed by atoms with Gasteiger partial charge in [0.15, 0.2) is 0 Å².